The van der Waals surface area contributed by atoms with E-state index in [-0.39, 0.29) is 0 Å². The van der Waals surface area contributed by atoms with Crippen LogP contribution in [0.1, 0.15) is 19.8 Å². The Hall–Kier alpha value is -1.51. The van der Waals surface area contributed by atoms with E-state index in [2.05, 4.69) is 17.2 Å². The highest BCUT2D eigenvalue weighted by molar-refractivity contribution is 5.87. The quantitative estimate of drug-likeness (QED) is 0.831. The Balaban J connectivity index is 1.86. The number of hydrogen-bond acceptors (Lipinski definition) is 3. The van der Waals surface area contributed by atoms with E-state index in [0.717, 1.165) is 23.3 Å². The highest BCUT2D eigenvalue weighted by Gasteiger charge is 2.36. The van der Waals surface area contributed by atoms with Crippen molar-refractivity contribution in [2.75, 3.05) is 11.9 Å². The van der Waals surface area contributed by atoms with Crippen molar-refractivity contribution in [3.63, 3.8) is 0 Å². The van der Waals surface area contributed by atoms with Crippen LogP contribution in [-0.4, -0.2) is 11.5 Å². The van der Waals surface area contributed by atoms with Crippen molar-refractivity contribution >= 4 is 16.8 Å². The van der Waals surface area contributed by atoms with Gasteiger partial charge in [0, 0.05) is 12.7 Å². The number of rotatable bonds is 3. The minimum absolute atomic E-state index is 0.494. The summed E-state index contributed by atoms with van der Waals surface area (Å²) in [5.74, 6) is 0.939. The van der Waals surface area contributed by atoms with Gasteiger partial charge >= 0.3 is 0 Å². The molecule has 1 saturated carbocycles. The molecule has 0 aromatic carbocycles. The van der Waals surface area contributed by atoms with E-state index < -0.39 is 0 Å². The summed E-state index contributed by atoms with van der Waals surface area (Å²) in [5, 5.41) is 4.48. The van der Waals surface area contributed by atoms with Crippen molar-refractivity contribution in [1.29, 1.82) is 0 Å². The largest absolute Gasteiger partial charge is 0.464 e. The van der Waals surface area contributed by atoms with Crippen molar-refractivity contribution in [2.45, 2.75) is 19.8 Å². The Morgan fingerprint density at radius 1 is 1.47 bits per heavy atom. The Bertz CT molecular complexity index is 485. The lowest BCUT2D eigenvalue weighted by Gasteiger charge is -2.10. The maximum Gasteiger partial charge on any atom is 0.139 e. The molecule has 2 heterocycles. The fourth-order valence-electron chi connectivity index (χ4n) is 1.72. The van der Waals surface area contributed by atoms with Crippen LogP contribution in [0.5, 0.6) is 0 Å². The highest BCUT2D eigenvalue weighted by atomic mass is 16.3. The number of anilines is 1. The minimum Gasteiger partial charge on any atom is -0.464 e. The number of hydrogen-bond donors (Lipinski definition) is 1. The van der Waals surface area contributed by atoms with Crippen LogP contribution in [0.4, 0.5) is 5.82 Å². The van der Waals surface area contributed by atoms with Crippen LogP contribution < -0.4 is 5.32 Å². The molecule has 1 N–H and O–H groups in total. The summed E-state index contributed by atoms with van der Waals surface area (Å²) in [7, 11) is 0. The van der Waals surface area contributed by atoms with E-state index in [0.29, 0.717) is 5.41 Å². The molecule has 0 radical (unpaired) electrons. The molecule has 2 aromatic heterocycles. The predicted octanol–water partition coefficient (Wildman–Crippen LogP) is 3.04. The Labute approximate surface area is 88.5 Å². The monoisotopic (exact) mass is 202 g/mol. The number of furan rings is 1. The van der Waals surface area contributed by atoms with Gasteiger partial charge in [-0.3, -0.25) is 0 Å². The molecular formula is C12H14N2O. The fourth-order valence-corrected chi connectivity index (χ4v) is 1.72. The van der Waals surface area contributed by atoms with Crippen LogP contribution in [0.2, 0.25) is 0 Å². The molecule has 1 fully saturated rings. The van der Waals surface area contributed by atoms with Gasteiger partial charge in [0.2, 0.25) is 0 Å². The smallest absolute Gasteiger partial charge is 0.139 e. The van der Waals surface area contributed by atoms with E-state index in [1.165, 1.54) is 12.8 Å². The van der Waals surface area contributed by atoms with Gasteiger partial charge < -0.3 is 9.73 Å². The zero-order chi connectivity index (χ0) is 10.3. The molecule has 3 nitrogen and oxygen atoms in total. The van der Waals surface area contributed by atoms with E-state index in [9.17, 15) is 0 Å². The van der Waals surface area contributed by atoms with Gasteiger partial charge in [0.25, 0.3) is 0 Å². The molecular weight excluding hydrogens is 188 g/mol. The van der Waals surface area contributed by atoms with Crippen LogP contribution >= 0.6 is 0 Å². The van der Waals surface area contributed by atoms with Crippen molar-refractivity contribution in [2.24, 2.45) is 5.41 Å². The maximum atomic E-state index is 5.33. The molecule has 15 heavy (non-hydrogen) atoms. The first-order chi connectivity index (χ1) is 7.27. The van der Waals surface area contributed by atoms with E-state index >= 15 is 0 Å². The third kappa shape index (κ3) is 1.58. The number of nitrogens with one attached hydrogen (secondary N) is 1. The fraction of sp³-hybridized carbons (Fsp3) is 0.417. The molecule has 0 atom stereocenters. The summed E-state index contributed by atoms with van der Waals surface area (Å²) in [6.07, 6.45) is 6.13. The topological polar surface area (TPSA) is 38.1 Å². The second-order valence-electron chi connectivity index (χ2n) is 4.66. The predicted molar refractivity (Wildman–Crippen MR) is 59.8 cm³/mol. The molecule has 0 spiro atoms. The van der Waals surface area contributed by atoms with E-state index in [4.69, 9.17) is 4.42 Å². The van der Waals surface area contributed by atoms with Gasteiger partial charge in [-0.2, -0.15) is 0 Å². The number of fused-ring (bicyclic) bond motifs is 1. The van der Waals surface area contributed by atoms with Crippen molar-refractivity contribution in [3.05, 3.63) is 24.6 Å². The number of pyridine rings is 1. The third-order valence-corrected chi connectivity index (χ3v) is 3.17. The average Bonchev–Trinajstić information content (AvgIpc) is 2.80. The summed E-state index contributed by atoms with van der Waals surface area (Å²) in [6, 6.07) is 3.85. The van der Waals surface area contributed by atoms with Gasteiger partial charge in [-0.05, 0) is 30.4 Å². The average molecular weight is 202 g/mol. The van der Waals surface area contributed by atoms with Gasteiger partial charge in [0.15, 0.2) is 0 Å². The van der Waals surface area contributed by atoms with Crippen LogP contribution in [0.3, 0.4) is 0 Å². The van der Waals surface area contributed by atoms with Crippen molar-refractivity contribution < 1.29 is 4.42 Å². The second-order valence-corrected chi connectivity index (χ2v) is 4.66. The molecule has 2 aromatic rings. The molecule has 1 aliphatic rings. The van der Waals surface area contributed by atoms with E-state index in [1.54, 1.807) is 12.5 Å². The minimum atomic E-state index is 0.494. The summed E-state index contributed by atoms with van der Waals surface area (Å²) < 4.78 is 5.33. The second kappa shape index (κ2) is 2.99. The Morgan fingerprint density at radius 2 is 2.33 bits per heavy atom. The van der Waals surface area contributed by atoms with Gasteiger partial charge in [-0.15, -0.1) is 0 Å². The SMILES string of the molecule is CC1(CNc2nccc3occc23)CC1. The van der Waals surface area contributed by atoms with Crippen LogP contribution in [0.25, 0.3) is 11.0 Å². The molecule has 0 unspecified atom stereocenters. The molecule has 3 heteroatoms. The van der Waals surface area contributed by atoms with Gasteiger partial charge in [-0.1, -0.05) is 6.92 Å². The van der Waals surface area contributed by atoms with Gasteiger partial charge in [-0.25, -0.2) is 4.98 Å². The first-order valence-electron chi connectivity index (χ1n) is 5.33. The first kappa shape index (κ1) is 8.77. The van der Waals surface area contributed by atoms with Gasteiger partial charge in [0.1, 0.15) is 11.4 Å². The summed E-state index contributed by atoms with van der Waals surface area (Å²) in [5.41, 5.74) is 1.39. The standard InChI is InChI=1S/C12H14N2O/c1-12(4-5-12)8-14-11-9-3-7-15-10(9)2-6-13-11/h2-3,6-7H,4-5,8H2,1H3,(H,13,14). The summed E-state index contributed by atoms with van der Waals surface area (Å²) >= 11 is 0. The molecule has 1 aliphatic carbocycles. The zero-order valence-corrected chi connectivity index (χ0v) is 8.79. The normalized spacial score (nSPS) is 17.9. The van der Waals surface area contributed by atoms with Crippen molar-refractivity contribution in [1.82, 2.24) is 4.98 Å². The number of nitrogens with zero attached hydrogens (tertiary/aromatic N) is 1. The Morgan fingerprint density at radius 3 is 3.13 bits per heavy atom. The van der Waals surface area contributed by atoms with Crippen molar-refractivity contribution in [3.8, 4) is 0 Å². The van der Waals surface area contributed by atoms with Gasteiger partial charge in [0.05, 0.1) is 11.6 Å². The third-order valence-electron chi connectivity index (χ3n) is 3.17. The van der Waals surface area contributed by atoms with Crippen LogP contribution in [0, 0.1) is 5.41 Å². The van der Waals surface area contributed by atoms with Crippen LogP contribution in [-0.2, 0) is 0 Å². The molecule has 0 saturated heterocycles. The number of aromatic nitrogens is 1. The molecule has 0 amide bonds. The maximum absolute atomic E-state index is 5.33. The lowest BCUT2D eigenvalue weighted by atomic mass is 10.1. The highest BCUT2D eigenvalue weighted by Crippen LogP contribution is 2.44. The summed E-state index contributed by atoms with van der Waals surface area (Å²) in [4.78, 5) is 4.34. The molecule has 78 valence electrons. The van der Waals surface area contributed by atoms with Crippen LogP contribution in [0.15, 0.2) is 29.0 Å². The van der Waals surface area contributed by atoms with E-state index in [1.807, 2.05) is 12.1 Å². The lowest BCUT2D eigenvalue weighted by Crippen LogP contribution is -2.12. The Kier molecular flexibility index (Phi) is 1.75. The molecule has 0 bridgehead atoms. The molecule has 3 rings (SSSR count). The summed E-state index contributed by atoms with van der Waals surface area (Å²) in [6.45, 7) is 3.31. The molecule has 0 aliphatic heterocycles. The lowest BCUT2D eigenvalue weighted by molar-refractivity contribution is 0.608. The zero-order valence-electron chi connectivity index (χ0n) is 8.79. The first-order valence-corrected chi connectivity index (χ1v) is 5.33.